The lowest BCUT2D eigenvalue weighted by molar-refractivity contribution is 0.195. The van der Waals surface area contributed by atoms with Crippen LogP contribution in [0.3, 0.4) is 0 Å². The molecule has 7 heteroatoms. The van der Waals surface area contributed by atoms with Crippen LogP contribution in [0.15, 0.2) is 47.9 Å². The van der Waals surface area contributed by atoms with Gasteiger partial charge in [-0.25, -0.2) is 4.98 Å². The summed E-state index contributed by atoms with van der Waals surface area (Å²) < 4.78 is 4.20. The number of piperidine rings is 1. The maximum absolute atomic E-state index is 4.53. The Morgan fingerprint density at radius 2 is 2.00 bits per heavy atom. The highest BCUT2D eigenvalue weighted by atomic mass is 32.2. The summed E-state index contributed by atoms with van der Waals surface area (Å²) in [7, 11) is 2.09. The molecule has 1 aliphatic rings. The molecule has 1 atom stereocenters. The predicted molar refractivity (Wildman–Crippen MR) is 108 cm³/mol. The molecule has 0 bridgehead atoms. The third kappa shape index (κ3) is 4.25. The molecule has 0 N–H and O–H groups in total. The minimum atomic E-state index is 0.443. The fourth-order valence-electron chi connectivity index (χ4n) is 3.81. The van der Waals surface area contributed by atoms with Crippen LogP contribution in [0, 0.1) is 0 Å². The highest BCUT2D eigenvalue weighted by Gasteiger charge is 2.26. The highest BCUT2D eigenvalue weighted by molar-refractivity contribution is 7.98. The normalized spacial score (nSPS) is 18.1. The van der Waals surface area contributed by atoms with Gasteiger partial charge in [0.15, 0.2) is 5.82 Å². The molecule has 1 aliphatic heterocycles. The molecule has 142 valence electrons. The average Bonchev–Trinajstić information content (AvgIpc) is 3.33. The molecular formula is C20H26N6S. The molecule has 2 aromatic heterocycles. The molecule has 0 aliphatic carbocycles. The predicted octanol–water partition coefficient (Wildman–Crippen LogP) is 3.16. The zero-order valence-electron chi connectivity index (χ0n) is 16.0. The van der Waals surface area contributed by atoms with Crippen LogP contribution in [-0.2, 0) is 20.1 Å². The molecule has 27 heavy (non-hydrogen) atoms. The van der Waals surface area contributed by atoms with Crippen molar-refractivity contribution in [2.75, 3.05) is 19.3 Å². The molecule has 1 aromatic carbocycles. The molecule has 0 amide bonds. The summed E-state index contributed by atoms with van der Waals surface area (Å²) in [5.74, 6) is 2.53. The van der Waals surface area contributed by atoms with Gasteiger partial charge >= 0.3 is 0 Å². The van der Waals surface area contributed by atoms with E-state index in [1.165, 1.54) is 23.3 Å². The number of aromatic nitrogens is 5. The van der Waals surface area contributed by atoms with E-state index in [-0.39, 0.29) is 0 Å². The van der Waals surface area contributed by atoms with Gasteiger partial charge in [-0.2, -0.15) is 0 Å². The summed E-state index contributed by atoms with van der Waals surface area (Å²) >= 11 is 1.79. The molecule has 1 saturated heterocycles. The Labute approximate surface area is 164 Å². The van der Waals surface area contributed by atoms with Crippen LogP contribution >= 0.6 is 11.8 Å². The van der Waals surface area contributed by atoms with E-state index >= 15 is 0 Å². The van der Waals surface area contributed by atoms with Crippen LogP contribution in [0.4, 0.5) is 0 Å². The van der Waals surface area contributed by atoms with Gasteiger partial charge in [-0.3, -0.25) is 4.90 Å². The molecule has 0 unspecified atom stereocenters. The van der Waals surface area contributed by atoms with Gasteiger partial charge in [-0.15, -0.1) is 22.0 Å². The number of benzene rings is 1. The summed E-state index contributed by atoms with van der Waals surface area (Å²) in [6.07, 6.45) is 10.1. The smallest absolute Gasteiger partial charge is 0.152 e. The van der Waals surface area contributed by atoms with Crippen molar-refractivity contribution in [3.63, 3.8) is 0 Å². The molecule has 0 radical (unpaired) electrons. The summed E-state index contributed by atoms with van der Waals surface area (Å²) in [6, 6.07) is 8.93. The summed E-state index contributed by atoms with van der Waals surface area (Å²) in [6.45, 7) is 3.91. The van der Waals surface area contributed by atoms with Gasteiger partial charge in [0.25, 0.3) is 0 Å². The summed E-state index contributed by atoms with van der Waals surface area (Å²) in [5, 5.41) is 8.97. The second-order valence-electron chi connectivity index (χ2n) is 7.19. The van der Waals surface area contributed by atoms with E-state index < -0.39 is 0 Å². The maximum atomic E-state index is 4.53. The Kier molecular flexibility index (Phi) is 5.59. The number of thioether (sulfide) groups is 1. The molecule has 3 aromatic rings. The Morgan fingerprint density at radius 3 is 2.74 bits per heavy atom. The van der Waals surface area contributed by atoms with E-state index in [9.17, 15) is 0 Å². The van der Waals surface area contributed by atoms with Crippen LogP contribution in [0.1, 0.15) is 36.0 Å². The first-order valence-electron chi connectivity index (χ1n) is 9.42. The van der Waals surface area contributed by atoms with Gasteiger partial charge in [-0.05, 0) is 43.3 Å². The molecule has 4 rings (SSSR count). The fourth-order valence-corrected chi connectivity index (χ4v) is 4.22. The van der Waals surface area contributed by atoms with Crippen molar-refractivity contribution < 1.29 is 0 Å². The average molecular weight is 383 g/mol. The SMILES string of the molecule is CSc1ccc(CN2CCC[C@H](c3nnc(Cn4ccnc4)n3C)C2)cc1. The van der Waals surface area contributed by atoms with Crippen LogP contribution in [0.2, 0.25) is 0 Å². The number of nitrogens with zero attached hydrogens (tertiary/aromatic N) is 6. The summed E-state index contributed by atoms with van der Waals surface area (Å²) in [5.41, 5.74) is 1.38. The van der Waals surface area contributed by atoms with E-state index in [4.69, 9.17) is 0 Å². The largest absolute Gasteiger partial charge is 0.330 e. The highest BCUT2D eigenvalue weighted by Crippen LogP contribution is 2.27. The van der Waals surface area contributed by atoms with Gasteiger partial charge in [0.2, 0.25) is 0 Å². The minimum Gasteiger partial charge on any atom is -0.330 e. The number of likely N-dealkylation sites (tertiary alicyclic amines) is 1. The molecule has 6 nitrogen and oxygen atoms in total. The first-order valence-corrected chi connectivity index (χ1v) is 10.6. The van der Waals surface area contributed by atoms with Crippen molar-refractivity contribution in [2.45, 2.75) is 36.7 Å². The Bertz CT molecular complexity index is 855. The van der Waals surface area contributed by atoms with Crippen LogP contribution in [0.5, 0.6) is 0 Å². The second kappa shape index (κ2) is 8.27. The van der Waals surface area contributed by atoms with E-state index in [1.54, 1.807) is 18.0 Å². The fraction of sp³-hybridized carbons (Fsp3) is 0.450. The summed E-state index contributed by atoms with van der Waals surface area (Å²) in [4.78, 5) is 7.97. The van der Waals surface area contributed by atoms with E-state index in [0.717, 1.165) is 31.3 Å². The Balaban J connectivity index is 1.42. The third-order valence-corrected chi connectivity index (χ3v) is 6.06. The van der Waals surface area contributed by atoms with Gasteiger partial charge in [0.05, 0.1) is 12.9 Å². The number of hydrogen-bond donors (Lipinski definition) is 0. The van der Waals surface area contributed by atoms with Gasteiger partial charge in [-0.1, -0.05) is 12.1 Å². The van der Waals surface area contributed by atoms with Crippen molar-refractivity contribution in [2.24, 2.45) is 7.05 Å². The van der Waals surface area contributed by atoms with Crippen molar-refractivity contribution >= 4 is 11.8 Å². The monoisotopic (exact) mass is 382 g/mol. The van der Waals surface area contributed by atoms with Crippen LogP contribution < -0.4 is 0 Å². The van der Waals surface area contributed by atoms with Crippen molar-refractivity contribution in [1.29, 1.82) is 0 Å². The molecular weight excluding hydrogens is 356 g/mol. The molecule has 3 heterocycles. The quantitative estimate of drug-likeness (QED) is 0.613. The zero-order chi connectivity index (χ0) is 18.6. The Morgan fingerprint density at radius 1 is 1.15 bits per heavy atom. The first kappa shape index (κ1) is 18.3. The number of rotatable bonds is 6. The number of hydrogen-bond acceptors (Lipinski definition) is 5. The van der Waals surface area contributed by atoms with Gasteiger partial charge < -0.3 is 9.13 Å². The standard InChI is InChI=1S/C20H26N6S/c1-24-19(14-26-11-9-21-15-26)22-23-20(24)17-4-3-10-25(13-17)12-16-5-7-18(27-2)8-6-16/h5-9,11,15,17H,3-4,10,12-14H2,1-2H3/t17-/m0/s1. The lowest BCUT2D eigenvalue weighted by Gasteiger charge is -2.32. The van der Waals surface area contributed by atoms with Crippen molar-refractivity contribution in [1.82, 2.24) is 29.2 Å². The first-order chi connectivity index (χ1) is 13.2. The van der Waals surface area contributed by atoms with Gasteiger partial charge in [0, 0.05) is 43.3 Å². The van der Waals surface area contributed by atoms with E-state index in [1.807, 2.05) is 17.1 Å². The second-order valence-corrected chi connectivity index (χ2v) is 8.07. The molecule has 0 saturated carbocycles. The van der Waals surface area contributed by atoms with Gasteiger partial charge in [0.1, 0.15) is 5.82 Å². The third-order valence-electron chi connectivity index (χ3n) is 5.32. The van der Waals surface area contributed by atoms with E-state index in [2.05, 4.69) is 62.2 Å². The lowest BCUT2D eigenvalue weighted by atomic mass is 9.96. The zero-order valence-corrected chi connectivity index (χ0v) is 16.8. The van der Waals surface area contributed by atoms with Crippen molar-refractivity contribution in [3.8, 4) is 0 Å². The van der Waals surface area contributed by atoms with Crippen LogP contribution in [0.25, 0.3) is 0 Å². The topological polar surface area (TPSA) is 51.8 Å². The maximum Gasteiger partial charge on any atom is 0.152 e. The van der Waals surface area contributed by atoms with Crippen LogP contribution in [-0.4, -0.2) is 48.6 Å². The Hall–Kier alpha value is -2.12. The van der Waals surface area contributed by atoms with E-state index in [0.29, 0.717) is 12.5 Å². The minimum absolute atomic E-state index is 0.443. The number of imidazole rings is 1. The molecule has 0 spiro atoms. The van der Waals surface area contributed by atoms with Crippen molar-refractivity contribution in [3.05, 3.63) is 60.2 Å². The lowest BCUT2D eigenvalue weighted by Crippen LogP contribution is -2.34. The molecule has 1 fully saturated rings.